The van der Waals surface area contributed by atoms with E-state index in [0.29, 0.717) is 18.9 Å². The molecule has 1 aliphatic rings. The van der Waals surface area contributed by atoms with E-state index in [9.17, 15) is 0 Å². The van der Waals surface area contributed by atoms with Crippen molar-refractivity contribution in [1.82, 2.24) is 15.5 Å². The minimum absolute atomic E-state index is 0.563. The predicted molar refractivity (Wildman–Crippen MR) is 74.6 cm³/mol. The fourth-order valence-electron chi connectivity index (χ4n) is 2.39. The van der Waals surface area contributed by atoms with Crippen LogP contribution in [0.2, 0.25) is 0 Å². The second kappa shape index (κ2) is 6.52. The Morgan fingerprint density at radius 3 is 3.00 bits per heavy atom. The number of para-hydroxylation sites is 1. The van der Waals surface area contributed by atoms with Crippen LogP contribution in [0, 0.1) is 5.92 Å². The molecule has 0 radical (unpaired) electrons. The van der Waals surface area contributed by atoms with Crippen molar-refractivity contribution in [2.75, 3.05) is 19.7 Å². The molecule has 1 atom stereocenters. The molecule has 1 N–H and O–H groups in total. The third-order valence-corrected chi connectivity index (χ3v) is 3.47. The number of nitrogens with zero attached hydrogens (tertiary/aromatic N) is 2. The molecule has 1 saturated heterocycles. The topological polar surface area (TPSA) is 60.2 Å². The van der Waals surface area contributed by atoms with E-state index < -0.39 is 0 Å². The van der Waals surface area contributed by atoms with Crippen LogP contribution in [0.1, 0.15) is 18.1 Å². The molecule has 0 spiro atoms. The maximum Gasteiger partial charge on any atom is 0.226 e. The third-order valence-electron chi connectivity index (χ3n) is 3.47. The molecule has 0 saturated carbocycles. The molecular weight excluding hydrogens is 254 g/mol. The van der Waals surface area contributed by atoms with Crippen molar-refractivity contribution < 1.29 is 9.26 Å². The smallest absolute Gasteiger partial charge is 0.226 e. The van der Waals surface area contributed by atoms with Crippen molar-refractivity contribution in [3.8, 4) is 5.75 Å². The number of hydrogen-bond acceptors (Lipinski definition) is 5. The first-order chi connectivity index (χ1) is 9.90. The fourth-order valence-corrected chi connectivity index (χ4v) is 2.39. The molecule has 1 aliphatic heterocycles. The quantitative estimate of drug-likeness (QED) is 0.870. The Balaban J connectivity index is 1.45. The average molecular weight is 273 g/mol. The summed E-state index contributed by atoms with van der Waals surface area (Å²) in [6, 6.07) is 9.76. The van der Waals surface area contributed by atoms with Gasteiger partial charge in [0, 0.05) is 12.8 Å². The van der Waals surface area contributed by atoms with Crippen molar-refractivity contribution in [3.05, 3.63) is 42.0 Å². The Morgan fingerprint density at radius 1 is 1.30 bits per heavy atom. The van der Waals surface area contributed by atoms with Crippen LogP contribution >= 0.6 is 0 Å². The van der Waals surface area contributed by atoms with Crippen LogP contribution in [0.25, 0.3) is 0 Å². The zero-order chi connectivity index (χ0) is 13.6. The molecule has 5 nitrogen and oxygen atoms in total. The highest BCUT2D eigenvalue weighted by Gasteiger charge is 2.18. The van der Waals surface area contributed by atoms with Gasteiger partial charge in [0.15, 0.2) is 5.82 Å². The van der Waals surface area contributed by atoms with E-state index in [1.165, 1.54) is 6.42 Å². The van der Waals surface area contributed by atoms with Gasteiger partial charge in [0.1, 0.15) is 5.75 Å². The van der Waals surface area contributed by atoms with E-state index in [1.807, 2.05) is 30.3 Å². The number of ether oxygens (including phenoxy) is 1. The summed E-state index contributed by atoms with van der Waals surface area (Å²) in [5.41, 5.74) is 0. The molecule has 2 aromatic rings. The third kappa shape index (κ3) is 3.57. The summed E-state index contributed by atoms with van der Waals surface area (Å²) in [6.45, 7) is 2.71. The number of nitrogens with one attached hydrogen (secondary N) is 1. The molecule has 3 rings (SSSR count). The van der Waals surface area contributed by atoms with E-state index >= 15 is 0 Å². The monoisotopic (exact) mass is 273 g/mol. The molecule has 106 valence electrons. The highest BCUT2D eigenvalue weighted by atomic mass is 16.5. The highest BCUT2D eigenvalue weighted by Crippen LogP contribution is 2.14. The molecular formula is C15H19N3O2. The molecule has 1 aromatic carbocycles. The summed E-state index contributed by atoms with van der Waals surface area (Å²) in [7, 11) is 0. The summed E-state index contributed by atoms with van der Waals surface area (Å²) in [5, 5.41) is 7.34. The Hall–Kier alpha value is -1.88. The van der Waals surface area contributed by atoms with Gasteiger partial charge in [-0.05, 0) is 37.6 Å². The fraction of sp³-hybridized carbons (Fsp3) is 0.467. The lowest BCUT2D eigenvalue weighted by Crippen LogP contribution is -2.11. The second-order valence-corrected chi connectivity index (χ2v) is 5.08. The van der Waals surface area contributed by atoms with Gasteiger partial charge in [0.25, 0.3) is 0 Å². The molecule has 5 heteroatoms. The number of aromatic nitrogens is 2. The van der Waals surface area contributed by atoms with Gasteiger partial charge in [-0.3, -0.25) is 0 Å². The minimum atomic E-state index is 0.563. The molecule has 0 bridgehead atoms. The highest BCUT2D eigenvalue weighted by molar-refractivity contribution is 5.20. The molecule has 1 fully saturated rings. The zero-order valence-electron chi connectivity index (χ0n) is 11.4. The number of hydrogen-bond donors (Lipinski definition) is 1. The van der Waals surface area contributed by atoms with Gasteiger partial charge in [-0.15, -0.1) is 0 Å². The summed E-state index contributed by atoms with van der Waals surface area (Å²) < 4.78 is 10.9. The Kier molecular flexibility index (Phi) is 4.28. The van der Waals surface area contributed by atoms with Gasteiger partial charge in [0.05, 0.1) is 6.61 Å². The largest absolute Gasteiger partial charge is 0.493 e. The van der Waals surface area contributed by atoms with Crippen molar-refractivity contribution in [2.45, 2.75) is 19.3 Å². The summed E-state index contributed by atoms with van der Waals surface area (Å²) in [6.07, 6.45) is 2.73. The Labute approximate surface area is 118 Å². The Morgan fingerprint density at radius 2 is 2.20 bits per heavy atom. The van der Waals surface area contributed by atoms with Crippen LogP contribution in [-0.4, -0.2) is 29.8 Å². The van der Waals surface area contributed by atoms with Crippen molar-refractivity contribution in [3.63, 3.8) is 0 Å². The first-order valence-electron chi connectivity index (χ1n) is 7.10. The van der Waals surface area contributed by atoms with Crippen LogP contribution in [-0.2, 0) is 12.8 Å². The van der Waals surface area contributed by atoms with E-state index in [2.05, 4.69) is 15.5 Å². The van der Waals surface area contributed by atoms with Gasteiger partial charge >= 0.3 is 0 Å². The van der Waals surface area contributed by atoms with Gasteiger partial charge < -0.3 is 14.6 Å². The summed E-state index contributed by atoms with van der Waals surface area (Å²) in [4.78, 5) is 4.42. The second-order valence-electron chi connectivity index (χ2n) is 5.08. The first kappa shape index (κ1) is 13.1. The van der Waals surface area contributed by atoms with Gasteiger partial charge in [-0.2, -0.15) is 4.98 Å². The lowest BCUT2D eigenvalue weighted by molar-refractivity contribution is 0.312. The standard InChI is InChI=1S/C15H19N3O2/c1-2-4-13(5-3-1)19-9-7-14-17-15(20-18-14)10-12-6-8-16-11-12/h1-5,12,16H,6-11H2. The van der Waals surface area contributed by atoms with Crippen LogP contribution in [0.4, 0.5) is 0 Å². The maximum absolute atomic E-state index is 5.62. The van der Waals surface area contributed by atoms with Crippen LogP contribution in [0.15, 0.2) is 34.9 Å². The molecule has 2 heterocycles. The van der Waals surface area contributed by atoms with E-state index in [-0.39, 0.29) is 0 Å². The number of rotatable bonds is 6. The van der Waals surface area contributed by atoms with Crippen molar-refractivity contribution in [2.24, 2.45) is 5.92 Å². The normalized spacial score (nSPS) is 18.3. The average Bonchev–Trinajstić information content (AvgIpc) is 3.13. The summed E-state index contributed by atoms with van der Waals surface area (Å²) in [5.74, 6) is 2.97. The maximum atomic E-state index is 5.62. The predicted octanol–water partition coefficient (Wildman–Crippen LogP) is 1.84. The molecule has 20 heavy (non-hydrogen) atoms. The number of benzene rings is 1. The molecule has 1 unspecified atom stereocenters. The zero-order valence-corrected chi connectivity index (χ0v) is 11.4. The first-order valence-corrected chi connectivity index (χ1v) is 7.10. The van der Waals surface area contributed by atoms with E-state index in [1.54, 1.807) is 0 Å². The molecule has 0 amide bonds. The lowest BCUT2D eigenvalue weighted by Gasteiger charge is -2.03. The van der Waals surface area contributed by atoms with Gasteiger partial charge in [0.2, 0.25) is 5.89 Å². The van der Waals surface area contributed by atoms with Gasteiger partial charge in [-0.1, -0.05) is 23.4 Å². The lowest BCUT2D eigenvalue weighted by atomic mass is 10.1. The SMILES string of the molecule is c1ccc(OCCc2noc(CC3CCNC3)n2)cc1. The molecule has 1 aromatic heterocycles. The van der Waals surface area contributed by atoms with E-state index in [0.717, 1.165) is 37.0 Å². The Bertz CT molecular complexity index is 521. The van der Waals surface area contributed by atoms with Crippen LogP contribution in [0.3, 0.4) is 0 Å². The van der Waals surface area contributed by atoms with Crippen molar-refractivity contribution >= 4 is 0 Å². The van der Waals surface area contributed by atoms with Crippen LogP contribution in [0.5, 0.6) is 5.75 Å². The van der Waals surface area contributed by atoms with Gasteiger partial charge in [-0.25, -0.2) is 0 Å². The van der Waals surface area contributed by atoms with Crippen LogP contribution < -0.4 is 10.1 Å². The van der Waals surface area contributed by atoms with E-state index in [4.69, 9.17) is 9.26 Å². The van der Waals surface area contributed by atoms with Crippen molar-refractivity contribution in [1.29, 1.82) is 0 Å². The molecule has 0 aliphatic carbocycles. The minimum Gasteiger partial charge on any atom is -0.493 e. The summed E-state index contributed by atoms with van der Waals surface area (Å²) >= 11 is 0.